The zero-order valence-electron chi connectivity index (χ0n) is 5.18. The minimum Gasteiger partial charge on any atom is -0.412 e. The van der Waals surface area contributed by atoms with Crippen LogP contribution in [0.4, 0.5) is 4.79 Å². The second kappa shape index (κ2) is 3.85. The Balaban J connectivity index is 0.000000810. The molecule has 1 fully saturated rings. The number of hydrogen-bond acceptors (Lipinski definition) is 1. The molecule has 0 radical (unpaired) electrons. The maximum absolute atomic E-state index is 10.7. The molecule has 1 saturated heterocycles. The highest BCUT2D eigenvalue weighted by molar-refractivity contribution is 6.27. The van der Waals surface area contributed by atoms with E-state index in [1.54, 1.807) is 0 Å². The van der Waals surface area contributed by atoms with E-state index >= 15 is 0 Å². The maximum atomic E-state index is 10.7. The smallest absolute Gasteiger partial charge is 0.349 e. The van der Waals surface area contributed by atoms with Crippen molar-refractivity contribution in [3.8, 4) is 0 Å². The third-order valence-corrected chi connectivity index (χ3v) is 1.75. The Labute approximate surface area is 68.8 Å². The fourth-order valence-electron chi connectivity index (χ4n) is 0.657. The lowest BCUT2D eigenvalue weighted by Crippen LogP contribution is -2.39. The van der Waals surface area contributed by atoms with Gasteiger partial charge < -0.3 is 5.48 Å². The van der Waals surface area contributed by atoms with Crippen LogP contribution in [-0.2, 0) is 0 Å². The van der Waals surface area contributed by atoms with Gasteiger partial charge in [-0.05, 0) is 6.42 Å². The minimum absolute atomic E-state index is 0. The summed E-state index contributed by atoms with van der Waals surface area (Å²) in [5.41, 5.74) is 0. The van der Waals surface area contributed by atoms with Gasteiger partial charge >= 0.3 is 6.03 Å². The van der Waals surface area contributed by atoms with E-state index < -0.39 is 0 Å². The van der Waals surface area contributed by atoms with Crippen molar-refractivity contribution in [2.24, 2.45) is 0 Å². The Morgan fingerprint density at radius 3 is 1.90 bits per heavy atom. The zero-order valence-corrected chi connectivity index (χ0v) is 6.69. The SMILES string of the molecule is O.O=C1N(Cl)CCCN1Cl. The predicted octanol–water partition coefficient (Wildman–Crippen LogP) is 0.597. The Morgan fingerprint density at radius 1 is 1.20 bits per heavy atom. The lowest BCUT2D eigenvalue weighted by atomic mass is 10.4. The molecule has 0 bridgehead atoms. The Bertz CT molecular complexity index is 120. The van der Waals surface area contributed by atoms with Gasteiger partial charge in [-0.2, -0.15) is 0 Å². The molecule has 2 amide bonds. The van der Waals surface area contributed by atoms with Crippen LogP contribution < -0.4 is 0 Å². The first-order valence-electron chi connectivity index (χ1n) is 2.62. The van der Waals surface area contributed by atoms with Gasteiger partial charge in [-0.25, -0.2) is 13.6 Å². The molecule has 6 heteroatoms. The zero-order chi connectivity index (χ0) is 6.85. The largest absolute Gasteiger partial charge is 0.412 e. The monoisotopic (exact) mass is 186 g/mol. The molecule has 1 rings (SSSR count). The van der Waals surface area contributed by atoms with E-state index in [2.05, 4.69) is 0 Å². The molecule has 0 atom stereocenters. The lowest BCUT2D eigenvalue weighted by Gasteiger charge is -2.25. The molecule has 0 aromatic carbocycles. The average molecular weight is 187 g/mol. The second-order valence-corrected chi connectivity index (χ2v) is 2.62. The van der Waals surface area contributed by atoms with Crippen LogP contribution in [0.15, 0.2) is 0 Å². The quantitative estimate of drug-likeness (QED) is 0.512. The maximum Gasteiger partial charge on any atom is 0.349 e. The van der Waals surface area contributed by atoms with E-state index in [1.807, 2.05) is 0 Å². The van der Waals surface area contributed by atoms with Crippen molar-refractivity contribution in [3.63, 3.8) is 0 Å². The van der Waals surface area contributed by atoms with E-state index in [9.17, 15) is 4.79 Å². The number of carbonyl (C=O) groups is 1. The van der Waals surface area contributed by atoms with Gasteiger partial charge in [0.25, 0.3) is 0 Å². The topological polar surface area (TPSA) is 55.1 Å². The summed E-state index contributed by atoms with van der Waals surface area (Å²) in [5.74, 6) is 0. The molecule has 0 aromatic rings. The van der Waals surface area contributed by atoms with Gasteiger partial charge in [-0.1, -0.05) is 0 Å². The molecule has 0 aromatic heterocycles. The molecule has 10 heavy (non-hydrogen) atoms. The summed E-state index contributed by atoms with van der Waals surface area (Å²) in [6, 6.07) is -0.329. The molecule has 0 aliphatic carbocycles. The molecule has 0 unspecified atom stereocenters. The van der Waals surface area contributed by atoms with Crippen LogP contribution in [0.3, 0.4) is 0 Å². The number of hydrogen-bond donors (Lipinski definition) is 0. The van der Waals surface area contributed by atoms with Crippen LogP contribution in [0.1, 0.15) is 6.42 Å². The molecular formula is C4H8Cl2N2O2. The first-order valence-corrected chi connectivity index (χ1v) is 3.30. The van der Waals surface area contributed by atoms with Gasteiger partial charge in [0.2, 0.25) is 0 Å². The molecule has 4 nitrogen and oxygen atoms in total. The standard InChI is InChI=1S/C4H6Cl2N2O.H2O/c5-7-2-1-3-8(6)4(7)9;/h1-3H2;1H2. The molecule has 1 aliphatic heterocycles. The van der Waals surface area contributed by atoms with E-state index in [4.69, 9.17) is 23.6 Å². The van der Waals surface area contributed by atoms with Gasteiger partial charge in [0, 0.05) is 36.6 Å². The normalized spacial score (nSPS) is 18.8. The van der Waals surface area contributed by atoms with E-state index in [0.29, 0.717) is 13.1 Å². The molecule has 2 N–H and O–H groups in total. The summed E-state index contributed by atoms with van der Waals surface area (Å²) in [4.78, 5) is 10.7. The highest BCUT2D eigenvalue weighted by Gasteiger charge is 2.22. The van der Waals surface area contributed by atoms with Crippen molar-refractivity contribution in [3.05, 3.63) is 0 Å². The predicted molar refractivity (Wildman–Crippen MR) is 38.7 cm³/mol. The number of nitrogens with zero attached hydrogens (tertiary/aromatic N) is 2. The summed E-state index contributed by atoms with van der Waals surface area (Å²) >= 11 is 10.8. The second-order valence-electron chi connectivity index (χ2n) is 1.81. The van der Waals surface area contributed by atoms with Crippen molar-refractivity contribution in [2.45, 2.75) is 6.42 Å². The van der Waals surface area contributed by atoms with E-state index in [-0.39, 0.29) is 11.5 Å². The van der Waals surface area contributed by atoms with E-state index in [0.717, 1.165) is 15.3 Å². The van der Waals surface area contributed by atoms with Gasteiger partial charge in [0.1, 0.15) is 0 Å². The van der Waals surface area contributed by atoms with Crippen molar-refractivity contribution in [2.75, 3.05) is 13.1 Å². The molecule has 60 valence electrons. The van der Waals surface area contributed by atoms with Crippen LogP contribution in [-0.4, -0.2) is 33.4 Å². The molecule has 0 spiro atoms. The molecule has 0 saturated carbocycles. The van der Waals surface area contributed by atoms with Gasteiger partial charge in [0.15, 0.2) is 0 Å². The average Bonchev–Trinajstić information content (AvgIpc) is 1.83. The highest BCUT2D eigenvalue weighted by atomic mass is 35.5. The summed E-state index contributed by atoms with van der Waals surface area (Å²) in [6.07, 6.45) is 0.832. The minimum atomic E-state index is -0.329. The number of amides is 2. The number of rotatable bonds is 0. The van der Waals surface area contributed by atoms with Crippen LogP contribution >= 0.6 is 23.6 Å². The van der Waals surface area contributed by atoms with Crippen LogP contribution in [0.5, 0.6) is 0 Å². The Hall–Kier alpha value is -0.190. The number of carbonyl (C=O) groups excluding carboxylic acids is 1. The fraction of sp³-hybridized carbons (Fsp3) is 0.750. The van der Waals surface area contributed by atoms with Crippen molar-refractivity contribution < 1.29 is 10.3 Å². The number of halogens is 2. The summed E-state index contributed by atoms with van der Waals surface area (Å²) in [7, 11) is 0. The molecule has 1 aliphatic rings. The Morgan fingerprint density at radius 2 is 1.60 bits per heavy atom. The van der Waals surface area contributed by atoms with Gasteiger partial charge in [-0.15, -0.1) is 0 Å². The number of urea groups is 1. The first kappa shape index (κ1) is 9.81. The highest BCUT2D eigenvalue weighted by Crippen LogP contribution is 2.12. The van der Waals surface area contributed by atoms with Gasteiger partial charge in [0.05, 0.1) is 0 Å². The summed E-state index contributed by atoms with van der Waals surface area (Å²) in [6.45, 7) is 1.17. The third kappa shape index (κ3) is 1.90. The molecular weight excluding hydrogens is 179 g/mol. The van der Waals surface area contributed by atoms with Gasteiger partial charge in [-0.3, -0.25) is 0 Å². The first-order chi connectivity index (χ1) is 4.22. The van der Waals surface area contributed by atoms with Crippen LogP contribution in [0.2, 0.25) is 0 Å². The van der Waals surface area contributed by atoms with Crippen molar-refractivity contribution >= 4 is 29.6 Å². The Kier molecular flexibility index (Phi) is 3.78. The lowest BCUT2D eigenvalue weighted by molar-refractivity contribution is 0.193. The third-order valence-electron chi connectivity index (χ3n) is 1.12. The van der Waals surface area contributed by atoms with Crippen molar-refractivity contribution in [1.82, 2.24) is 8.84 Å². The fourth-order valence-corrected chi connectivity index (χ4v) is 1.12. The summed E-state index contributed by atoms with van der Waals surface area (Å²) in [5, 5.41) is 0. The van der Waals surface area contributed by atoms with Crippen LogP contribution in [0.25, 0.3) is 0 Å². The molecule has 1 heterocycles. The van der Waals surface area contributed by atoms with E-state index in [1.165, 1.54) is 0 Å². The van der Waals surface area contributed by atoms with Crippen molar-refractivity contribution in [1.29, 1.82) is 0 Å². The van der Waals surface area contributed by atoms with Crippen LogP contribution in [0, 0.1) is 0 Å². The summed E-state index contributed by atoms with van der Waals surface area (Å²) < 4.78 is 2.16.